The van der Waals surface area contributed by atoms with E-state index >= 15 is 0 Å². The minimum Gasteiger partial charge on any atom is -0.279 e. The van der Waals surface area contributed by atoms with Gasteiger partial charge in [0.2, 0.25) is 0 Å². The van der Waals surface area contributed by atoms with Crippen molar-refractivity contribution in [3.8, 4) is 6.07 Å². The fourth-order valence-electron chi connectivity index (χ4n) is 1.51. The van der Waals surface area contributed by atoms with Gasteiger partial charge in [-0.3, -0.25) is 9.40 Å². The van der Waals surface area contributed by atoms with Gasteiger partial charge < -0.3 is 0 Å². The molecule has 2 aromatic heterocycles. The number of nitrogens with one attached hydrogen (secondary N) is 1. The molecule has 0 aliphatic carbocycles. The van der Waals surface area contributed by atoms with Crippen molar-refractivity contribution in [2.45, 2.75) is 24.8 Å². The first kappa shape index (κ1) is 14.0. The molecule has 1 N–H and O–H groups in total. The first-order valence-electron chi connectivity index (χ1n) is 5.85. The smallest absolute Gasteiger partial charge is 0.265 e. The van der Waals surface area contributed by atoms with Crippen molar-refractivity contribution in [2.24, 2.45) is 0 Å². The van der Waals surface area contributed by atoms with Crippen LogP contribution in [0.25, 0.3) is 0 Å². The van der Waals surface area contributed by atoms with Gasteiger partial charge in [0.15, 0.2) is 0 Å². The summed E-state index contributed by atoms with van der Waals surface area (Å²) in [5.41, 5.74) is 0.428. The third-order valence-corrected chi connectivity index (χ3v) is 3.88. The normalized spacial score (nSPS) is 11.3. The molecular weight excluding hydrogens is 278 g/mol. The number of aromatic nitrogens is 3. The lowest BCUT2D eigenvalue weighted by Gasteiger charge is -2.06. The summed E-state index contributed by atoms with van der Waals surface area (Å²) in [4.78, 5) is 3.85. The van der Waals surface area contributed by atoms with Gasteiger partial charge in [-0.25, -0.2) is 13.4 Å². The molecule has 104 valence electrons. The highest BCUT2D eigenvalue weighted by Gasteiger charge is 2.17. The highest BCUT2D eigenvalue weighted by molar-refractivity contribution is 7.92. The maximum absolute atomic E-state index is 12.2. The Balaban J connectivity index is 2.28. The number of pyridine rings is 1. The number of hydrogen-bond donors (Lipinski definition) is 1. The predicted molar refractivity (Wildman–Crippen MR) is 72.4 cm³/mol. The molecule has 7 nitrogen and oxygen atoms in total. The van der Waals surface area contributed by atoms with E-state index in [1.54, 1.807) is 4.68 Å². The molecule has 8 heteroatoms. The maximum Gasteiger partial charge on any atom is 0.265 e. The van der Waals surface area contributed by atoms with E-state index in [0.717, 1.165) is 0 Å². The monoisotopic (exact) mass is 291 g/mol. The van der Waals surface area contributed by atoms with Gasteiger partial charge in [-0.15, -0.1) is 0 Å². The standard InChI is InChI=1S/C12H13N5O2S/c1-9(2)17-8-12(7-15-17)20(18,19)16-10-3-4-14-11(5-10)6-13/h3-5,7-9H,1-2H3,(H,14,16). The molecule has 2 rings (SSSR count). The van der Waals surface area contributed by atoms with E-state index in [4.69, 9.17) is 5.26 Å². The van der Waals surface area contributed by atoms with Gasteiger partial charge in [0.1, 0.15) is 16.7 Å². The lowest BCUT2D eigenvalue weighted by molar-refractivity contribution is 0.531. The molecule has 2 aromatic rings. The van der Waals surface area contributed by atoms with Crippen molar-refractivity contribution in [3.05, 3.63) is 36.4 Å². The molecule has 0 radical (unpaired) electrons. The maximum atomic E-state index is 12.2. The molecule has 0 saturated heterocycles. The zero-order valence-electron chi connectivity index (χ0n) is 11.0. The Morgan fingerprint density at radius 1 is 1.45 bits per heavy atom. The van der Waals surface area contributed by atoms with Crippen LogP contribution >= 0.6 is 0 Å². The van der Waals surface area contributed by atoms with Crippen molar-refractivity contribution in [1.82, 2.24) is 14.8 Å². The average molecular weight is 291 g/mol. The van der Waals surface area contributed by atoms with Crippen LogP contribution in [0.2, 0.25) is 0 Å². The van der Waals surface area contributed by atoms with E-state index in [-0.39, 0.29) is 22.3 Å². The second-order valence-electron chi connectivity index (χ2n) is 4.40. The fraction of sp³-hybridized carbons (Fsp3) is 0.250. The quantitative estimate of drug-likeness (QED) is 0.920. The van der Waals surface area contributed by atoms with Gasteiger partial charge >= 0.3 is 0 Å². The zero-order chi connectivity index (χ0) is 14.8. The molecule has 0 amide bonds. The van der Waals surface area contributed by atoms with E-state index in [1.165, 1.54) is 30.7 Å². The van der Waals surface area contributed by atoms with E-state index < -0.39 is 10.0 Å². The van der Waals surface area contributed by atoms with Crippen LogP contribution in [0.1, 0.15) is 25.6 Å². The first-order chi connectivity index (χ1) is 9.42. The Morgan fingerprint density at radius 3 is 2.80 bits per heavy atom. The van der Waals surface area contributed by atoms with E-state index in [2.05, 4.69) is 14.8 Å². The summed E-state index contributed by atoms with van der Waals surface area (Å²) in [5, 5.41) is 12.7. The number of nitriles is 1. The summed E-state index contributed by atoms with van der Waals surface area (Å²) >= 11 is 0. The number of hydrogen-bond acceptors (Lipinski definition) is 5. The Morgan fingerprint density at radius 2 is 2.20 bits per heavy atom. The summed E-state index contributed by atoms with van der Waals surface area (Å²) in [6.45, 7) is 3.80. The predicted octanol–water partition coefficient (Wildman–Crippen LogP) is 1.53. The largest absolute Gasteiger partial charge is 0.279 e. The van der Waals surface area contributed by atoms with Gasteiger partial charge in [0.25, 0.3) is 10.0 Å². The van der Waals surface area contributed by atoms with Gasteiger partial charge in [-0.2, -0.15) is 10.4 Å². The minimum atomic E-state index is -3.72. The van der Waals surface area contributed by atoms with Crippen LogP contribution in [0.5, 0.6) is 0 Å². The van der Waals surface area contributed by atoms with Crippen molar-refractivity contribution in [1.29, 1.82) is 5.26 Å². The number of rotatable bonds is 4. The zero-order valence-corrected chi connectivity index (χ0v) is 11.8. The van der Waals surface area contributed by atoms with Crippen LogP contribution in [0.15, 0.2) is 35.6 Å². The van der Waals surface area contributed by atoms with Gasteiger partial charge in [-0.05, 0) is 26.0 Å². The summed E-state index contributed by atoms with van der Waals surface area (Å²) in [5.74, 6) is 0. The Kier molecular flexibility index (Phi) is 3.72. The molecule has 0 bridgehead atoms. The van der Waals surface area contributed by atoms with Crippen LogP contribution in [0.4, 0.5) is 5.69 Å². The first-order valence-corrected chi connectivity index (χ1v) is 7.34. The molecule has 20 heavy (non-hydrogen) atoms. The van der Waals surface area contributed by atoms with Gasteiger partial charge in [0, 0.05) is 18.4 Å². The third-order valence-electron chi connectivity index (χ3n) is 2.54. The summed E-state index contributed by atoms with van der Waals surface area (Å²) in [7, 11) is -3.72. The highest BCUT2D eigenvalue weighted by Crippen LogP contribution is 2.16. The number of anilines is 1. The second kappa shape index (κ2) is 5.30. The van der Waals surface area contributed by atoms with Crippen molar-refractivity contribution in [2.75, 3.05) is 4.72 Å². The van der Waals surface area contributed by atoms with Crippen LogP contribution in [-0.4, -0.2) is 23.2 Å². The van der Waals surface area contributed by atoms with E-state index in [9.17, 15) is 8.42 Å². The lowest BCUT2D eigenvalue weighted by atomic mass is 10.3. The molecular formula is C12H13N5O2S. The molecule has 0 atom stereocenters. The van der Waals surface area contributed by atoms with E-state index in [1.807, 2.05) is 19.9 Å². The van der Waals surface area contributed by atoms with Crippen molar-refractivity contribution < 1.29 is 8.42 Å². The SMILES string of the molecule is CC(C)n1cc(S(=O)(=O)Nc2ccnc(C#N)c2)cn1. The molecule has 0 spiro atoms. The topological polar surface area (TPSA) is 101 Å². The average Bonchev–Trinajstić information content (AvgIpc) is 2.89. The second-order valence-corrected chi connectivity index (χ2v) is 6.08. The number of nitrogens with zero attached hydrogens (tertiary/aromatic N) is 4. The van der Waals surface area contributed by atoms with Crippen LogP contribution in [0.3, 0.4) is 0 Å². The van der Waals surface area contributed by atoms with Crippen molar-refractivity contribution in [3.63, 3.8) is 0 Å². The Hall–Kier alpha value is -2.40. The molecule has 0 unspecified atom stereocenters. The van der Waals surface area contributed by atoms with Crippen LogP contribution in [-0.2, 0) is 10.0 Å². The summed E-state index contributed by atoms with van der Waals surface area (Å²) in [6.07, 6.45) is 4.11. The molecule has 0 fully saturated rings. The van der Waals surface area contributed by atoms with E-state index in [0.29, 0.717) is 0 Å². The third kappa shape index (κ3) is 2.95. The Labute approximate surface area is 116 Å². The highest BCUT2D eigenvalue weighted by atomic mass is 32.2. The summed E-state index contributed by atoms with van der Waals surface area (Å²) < 4.78 is 28.3. The fourth-order valence-corrected chi connectivity index (χ4v) is 2.50. The molecule has 2 heterocycles. The summed E-state index contributed by atoms with van der Waals surface area (Å²) in [6, 6.07) is 4.77. The van der Waals surface area contributed by atoms with Gasteiger partial charge in [-0.1, -0.05) is 0 Å². The van der Waals surface area contributed by atoms with Gasteiger partial charge in [0.05, 0.1) is 11.9 Å². The molecule has 0 saturated carbocycles. The Bertz CT molecular complexity index is 758. The van der Waals surface area contributed by atoms with Crippen molar-refractivity contribution >= 4 is 15.7 Å². The van der Waals surface area contributed by atoms with Crippen LogP contribution in [0, 0.1) is 11.3 Å². The lowest BCUT2D eigenvalue weighted by Crippen LogP contribution is -2.12. The molecule has 0 aliphatic heterocycles. The number of sulfonamides is 1. The molecule has 0 aliphatic rings. The molecule has 0 aromatic carbocycles. The van der Waals surface area contributed by atoms with Crippen LogP contribution < -0.4 is 4.72 Å². The minimum absolute atomic E-state index is 0.0709.